The molecule has 0 saturated heterocycles. The number of aliphatic hydroxyl groups excluding tert-OH is 1. The second-order valence-electron chi connectivity index (χ2n) is 4.93. The fourth-order valence-corrected chi connectivity index (χ4v) is 2.17. The molecule has 1 rings (SSSR count). The van der Waals surface area contributed by atoms with Crippen molar-refractivity contribution in [2.75, 3.05) is 27.2 Å². The summed E-state index contributed by atoms with van der Waals surface area (Å²) >= 11 is 0. The van der Waals surface area contributed by atoms with Crippen LogP contribution in [0.2, 0.25) is 0 Å². The highest BCUT2D eigenvalue weighted by molar-refractivity contribution is 5.37. The first-order valence-corrected chi connectivity index (χ1v) is 6.83. The molecule has 0 spiro atoms. The molecule has 1 aromatic carbocycles. The first kappa shape index (κ1) is 16.0. The zero-order chi connectivity index (χ0) is 14.3. The highest BCUT2D eigenvalue weighted by atomic mass is 16.5. The van der Waals surface area contributed by atoms with Gasteiger partial charge in [0.1, 0.15) is 5.75 Å². The maximum atomic E-state index is 9.77. The Morgan fingerprint density at radius 2 is 2.16 bits per heavy atom. The van der Waals surface area contributed by atoms with Gasteiger partial charge in [0, 0.05) is 18.7 Å². The molecule has 0 fully saturated rings. The van der Waals surface area contributed by atoms with Crippen LogP contribution in [-0.4, -0.2) is 43.4 Å². The summed E-state index contributed by atoms with van der Waals surface area (Å²) < 4.78 is 5.39. The van der Waals surface area contributed by atoms with Gasteiger partial charge in [-0.1, -0.05) is 19.1 Å². The summed E-state index contributed by atoms with van der Waals surface area (Å²) in [6.45, 7) is 4.04. The Balaban J connectivity index is 2.68. The van der Waals surface area contributed by atoms with Crippen molar-refractivity contribution in [1.29, 1.82) is 0 Å². The molecule has 108 valence electrons. The van der Waals surface area contributed by atoms with Crippen molar-refractivity contribution in [2.45, 2.75) is 32.4 Å². The monoisotopic (exact) mass is 266 g/mol. The van der Waals surface area contributed by atoms with Crippen LogP contribution in [0.1, 0.15) is 24.5 Å². The van der Waals surface area contributed by atoms with Crippen molar-refractivity contribution in [1.82, 2.24) is 4.90 Å². The lowest BCUT2D eigenvalue weighted by atomic mass is 10.1. The number of aryl methyl sites for hydroxylation is 1. The Kier molecular flexibility index (Phi) is 6.84. The van der Waals surface area contributed by atoms with E-state index < -0.39 is 0 Å². The molecule has 3 N–H and O–H groups in total. The molecule has 0 heterocycles. The van der Waals surface area contributed by atoms with Gasteiger partial charge in [0.2, 0.25) is 0 Å². The quantitative estimate of drug-likeness (QED) is 0.747. The lowest BCUT2D eigenvalue weighted by Gasteiger charge is -2.21. The molecule has 0 radical (unpaired) electrons. The van der Waals surface area contributed by atoms with Gasteiger partial charge in [-0.05, 0) is 38.1 Å². The minimum Gasteiger partial charge on any atom is -0.496 e. The Labute approximate surface area is 116 Å². The summed E-state index contributed by atoms with van der Waals surface area (Å²) in [6.07, 6.45) is 1.28. The Hall–Kier alpha value is -1.10. The summed E-state index contributed by atoms with van der Waals surface area (Å²) in [5.74, 6) is 0.900. The van der Waals surface area contributed by atoms with Gasteiger partial charge in [0.05, 0.1) is 13.2 Å². The van der Waals surface area contributed by atoms with Gasteiger partial charge in [-0.15, -0.1) is 0 Å². The SMILES string of the molecule is CCc1ccc(OC)c(CN(C)CC(O)CCN)c1. The van der Waals surface area contributed by atoms with Crippen LogP contribution in [0.3, 0.4) is 0 Å². The number of ether oxygens (including phenoxy) is 1. The molecule has 19 heavy (non-hydrogen) atoms. The molecule has 0 aliphatic carbocycles. The summed E-state index contributed by atoms with van der Waals surface area (Å²) in [4.78, 5) is 2.09. The summed E-state index contributed by atoms with van der Waals surface area (Å²) in [5.41, 5.74) is 7.90. The van der Waals surface area contributed by atoms with E-state index in [0.29, 0.717) is 19.5 Å². The van der Waals surface area contributed by atoms with E-state index in [0.717, 1.165) is 24.3 Å². The zero-order valence-electron chi connectivity index (χ0n) is 12.2. The third kappa shape index (κ3) is 5.19. The van der Waals surface area contributed by atoms with E-state index in [1.165, 1.54) is 5.56 Å². The van der Waals surface area contributed by atoms with Gasteiger partial charge in [0.25, 0.3) is 0 Å². The minimum atomic E-state index is -0.365. The molecule has 1 unspecified atom stereocenters. The van der Waals surface area contributed by atoms with Gasteiger partial charge in [-0.25, -0.2) is 0 Å². The number of likely N-dealkylation sites (N-methyl/N-ethyl adjacent to an activating group) is 1. The minimum absolute atomic E-state index is 0.365. The number of benzene rings is 1. The maximum Gasteiger partial charge on any atom is 0.123 e. The lowest BCUT2D eigenvalue weighted by Crippen LogP contribution is -2.30. The molecule has 0 aliphatic heterocycles. The predicted molar refractivity (Wildman–Crippen MR) is 78.4 cm³/mol. The third-order valence-electron chi connectivity index (χ3n) is 3.22. The van der Waals surface area contributed by atoms with Crippen LogP contribution < -0.4 is 10.5 Å². The van der Waals surface area contributed by atoms with Gasteiger partial charge >= 0.3 is 0 Å². The maximum absolute atomic E-state index is 9.77. The van der Waals surface area contributed by atoms with E-state index in [4.69, 9.17) is 10.5 Å². The third-order valence-corrected chi connectivity index (χ3v) is 3.22. The van der Waals surface area contributed by atoms with E-state index in [1.54, 1.807) is 7.11 Å². The van der Waals surface area contributed by atoms with E-state index in [9.17, 15) is 5.11 Å². The van der Waals surface area contributed by atoms with Crippen LogP contribution in [0, 0.1) is 0 Å². The smallest absolute Gasteiger partial charge is 0.123 e. The molecule has 0 amide bonds. The van der Waals surface area contributed by atoms with E-state index >= 15 is 0 Å². The van der Waals surface area contributed by atoms with Crippen molar-refractivity contribution in [3.63, 3.8) is 0 Å². The Morgan fingerprint density at radius 3 is 2.74 bits per heavy atom. The van der Waals surface area contributed by atoms with Gasteiger partial charge < -0.3 is 15.6 Å². The van der Waals surface area contributed by atoms with Crippen LogP contribution >= 0.6 is 0 Å². The molecule has 1 atom stereocenters. The van der Waals surface area contributed by atoms with Gasteiger partial charge in [0.15, 0.2) is 0 Å². The highest BCUT2D eigenvalue weighted by Gasteiger charge is 2.11. The van der Waals surface area contributed by atoms with Crippen molar-refractivity contribution >= 4 is 0 Å². The number of hydrogen-bond acceptors (Lipinski definition) is 4. The lowest BCUT2D eigenvalue weighted by molar-refractivity contribution is 0.117. The number of rotatable bonds is 8. The fraction of sp³-hybridized carbons (Fsp3) is 0.600. The van der Waals surface area contributed by atoms with Crippen LogP contribution in [0.5, 0.6) is 5.75 Å². The zero-order valence-corrected chi connectivity index (χ0v) is 12.2. The van der Waals surface area contributed by atoms with Crippen LogP contribution in [0.25, 0.3) is 0 Å². The van der Waals surface area contributed by atoms with Gasteiger partial charge in [-0.2, -0.15) is 0 Å². The second kappa shape index (κ2) is 8.15. The standard InChI is InChI=1S/C15H26N2O2/c1-4-12-5-6-15(19-3)13(9-12)10-17(2)11-14(18)7-8-16/h5-6,9,14,18H,4,7-8,10-11,16H2,1-3H3. The summed E-state index contributed by atoms with van der Waals surface area (Å²) in [5, 5.41) is 9.77. The molecular weight excluding hydrogens is 240 g/mol. The molecular formula is C15H26N2O2. The number of aliphatic hydroxyl groups is 1. The topological polar surface area (TPSA) is 58.7 Å². The largest absolute Gasteiger partial charge is 0.496 e. The average Bonchev–Trinajstić information content (AvgIpc) is 2.38. The van der Waals surface area contributed by atoms with Crippen molar-refractivity contribution in [2.24, 2.45) is 5.73 Å². The Bertz CT molecular complexity index is 382. The first-order chi connectivity index (χ1) is 9.10. The van der Waals surface area contributed by atoms with Crippen molar-refractivity contribution in [3.05, 3.63) is 29.3 Å². The highest BCUT2D eigenvalue weighted by Crippen LogP contribution is 2.21. The summed E-state index contributed by atoms with van der Waals surface area (Å²) in [7, 11) is 3.69. The second-order valence-corrected chi connectivity index (χ2v) is 4.93. The predicted octanol–water partition coefficient (Wildman–Crippen LogP) is 1.40. The number of methoxy groups -OCH3 is 1. The van der Waals surface area contributed by atoms with Crippen molar-refractivity contribution in [3.8, 4) is 5.75 Å². The molecule has 0 bridgehead atoms. The number of hydrogen-bond donors (Lipinski definition) is 2. The molecule has 4 heteroatoms. The Morgan fingerprint density at radius 1 is 1.42 bits per heavy atom. The molecule has 1 aromatic rings. The van der Waals surface area contributed by atoms with E-state index in [1.807, 2.05) is 13.1 Å². The van der Waals surface area contributed by atoms with Crippen LogP contribution in [0.15, 0.2) is 18.2 Å². The van der Waals surface area contributed by atoms with Crippen LogP contribution in [-0.2, 0) is 13.0 Å². The molecule has 4 nitrogen and oxygen atoms in total. The normalized spacial score (nSPS) is 12.7. The van der Waals surface area contributed by atoms with Crippen molar-refractivity contribution < 1.29 is 9.84 Å². The fourth-order valence-electron chi connectivity index (χ4n) is 2.17. The summed E-state index contributed by atoms with van der Waals surface area (Å²) in [6, 6.07) is 6.27. The number of nitrogens with zero attached hydrogens (tertiary/aromatic N) is 1. The average molecular weight is 266 g/mol. The van der Waals surface area contributed by atoms with Crippen LogP contribution in [0.4, 0.5) is 0 Å². The molecule has 0 aromatic heterocycles. The number of nitrogens with two attached hydrogens (primary N) is 1. The first-order valence-electron chi connectivity index (χ1n) is 6.83. The molecule has 0 saturated carbocycles. The van der Waals surface area contributed by atoms with Gasteiger partial charge in [-0.3, -0.25) is 4.90 Å². The van der Waals surface area contributed by atoms with E-state index in [-0.39, 0.29) is 6.10 Å². The molecule has 0 aliphatic rings. The van der Waals surface area contributed by atoms with E-state index in [2.05, 4.69) is 24.0 Å².